The molecular formula is C11H15BrN2O2. The van der Waals surface area contributed by atoms with E-state index in [4.69, 9.17) is 4.74 Å². The van der Waals surface area contributed by atoms with Gasteiger partial charge in [-0.15, -0.1) is 0 Å². The Kier molecular flexibility index (Phi) is 4.76. The molecule has 0 aliphatic rings. The summed E-state index contributed by atoms with van der Waals surface area (Å²) in [5, 5.41) is 5.67. The highest BCUT2D eigenvalue weighted by Crippen LogP contribution is 2.27. The maximum atomic E-state index is 11.6. The zero-order valence-corrected chi connectivity index (χ0v) is 11.1. The van der Waals surface area contributed by atoms with Crippen LogP contribution in [0.25, 0.3) is 0 Å². The van der Waals surface area contributed by atoms with E-state index in [9.17, 15) is 4.79 Å². The van der Waals surface area contributed by atoms with Crippen LogP contribution in [0.2, 0.25) is 0 Å². The van der Waals surface area contributed by atoms with Crippen LogP contribution < -0.4 is 15.4 Å². The number of rotatable bonds is 4. The SMILES string of the molecule is CNC(C)C(=O)Nc1ccc(OC)c(Br)c1. The van der Waals surface area contributed by atoms with E-state index in [1.165, 1.54) is 0 Å². The molecule has 1 atom stereocenters. The first kappa shape index (κ1) is 13.0. The maximum Gasteiger partial charge on any atom is 0.241 e. The molecule has 4 nitrogen and oxygen atoms in total. The number of hydrogen-bond acceptors (Lipinski definition) is 3. The lowest BCUT2D eigenvalue weighted by Gasteiger charge is -2.12. The van der Waals surface area contributed by atoms with Gasteiger partial charge in [0.05, 0.1) is 17.6 Å². The third-order valence-electron chi connectivity index (χ3n) is 2.25. The second-order valence-electron chi connectivity index (χ2n) is 3.35. The van der Waals surface area contributed by atoms with Crippen LogP contribution in [0, 0.1) is 0 Å². The Labute approximate surface area is 103 Å². The number of nitrogens with one attached hydrogen (secondary N) is 2. The van der Waals surface area contributed by atoms with E-state index < -0.39 is 0 Å². The average molecular weight is 287 g/mol. The van der Waals surface area contributed by atoms with Gasteiger partial charge in [-0.05, 0) is 48.1 Å². The highest BCUT2D eigenvalue weighted by molar-refractivity contribution is 9.10. The first-order valence-electron chi connectivity index (χ1n) is 4.90. The van der Waals surface area contributed by atoms with Gasteiger partial charge in [-0.2, -0.15) is 0 Å². The average Bonchev–Trinajstić information content (AvgIpc) is 2.28. The number of carbonyl (C=O) groups excluding carboxylic acids is 1. The highest BCUT2D eigenvalue weighted by atomic mass is 79.9. The van der Waals surface area contributed by atoms with Crippen molar-refractivity contribution in [1.82, 2.24) is 5.32 Å². The number of halogens is 1. The van der Waals surface area contributed by atoms with Crippen molar-refractivity contribution in [3.05, 3.63) is 22.7 Å². The summed E-state index contributed by atoms with van der Waals surface area (Å²) in [4.78, 5) is 11.6. The van der Waals surface area contributed by atoms with Gasteiger partial charge in [0.1, 0.15) is 5.75 Å². The number of hydrogen-bond donors (Lipinski definition) is 2. The quantitative estimate of drug-likeness (QED) is 0.890. The van der Waals surface area contributed by atoms with Crippen LogP contribution in [0.4, 0.5) is 5.69 Å². The fourth-order valence-corrected chi connectivity index (χ4v) is 1.67. The van der Waals surface area contributed by atoms with E-state index in [0.717, 1.165) is 15.9 Å². The summed E-state index contributed by atoms with van der Waals surface area (Å²) in [6.45, 7) is 1.80. The van der Waals surface area contributed by atoms with E-state index in [1.54, 1.807) is 39.3 Å². The first-order valence-corrected chi connectivity index (χ1v) is 5.69. The van der Waals surface area contributed by atoms with Gasteiger partial charge in [0.25, 0.3) is 0 Å². The van der Waals surface area contributed by atoms with E-state index in [1.807, 2.05) is 0 Å². The van der Waals surface area contributed by atoms with Gasteiger partial charge in [-0.1, -0.05) is 0 Å². The first-order chi connectivity index (χ1) is 7.58. The molecule has 0 saturated heterocycles. The number of anilines is 1. The molecule has 1 rings (SSSR count). The summed E-state index contributed by atoms with van der Waals surface area (Å²) < 4.78 is 5.91. The van der Waals surface area contributed by atoms with Gasteiger partial charge in [0, 0.05) is 5.69 Å². The van der Waals surface area contributed by atoms with Gasteiger partial charge in [0.2, 0.25) is 5.91 Å². The van der Waals surface area contributed by atoms with Crippen LogP contribution in [0.1, 0.15) is 6.92 Å². The van der Waals surface area contributed by atoms with Crippen LogP contribution >= 0.6 is 15.9 Å². The van der Waals surface area contributed by atoms with Crippen molar-refractivity contribution in [1.29, 1.82) is 0 Å². The standard InChI is InChI=1S/C11H15BrN2O2/c1-7(13-2)11(15)14-8-4-5-10(16-3)9(12)6-8/h4-7,13H,1-3H3,(H,14,15). The molecule has 1 unspecified atom stereocenters. The minimum atomic E-state index is -0.221. The zero-order chi connectivity index (χ0) is 12.1. The lowest BCUT2D eigenvalue weighted by atomic mass is 10.2. The molecule has 0 aromatic heterocycles. The van der Waals surface area contributed by atoms with Gasteiger partial charge in [-0.3, -0.25) is 4.79 Å². The molecule has 0 heterocycles. The van der Waals surface area contributed by atoms with Crippen molar-refractivity contribution >= 4 is 27.5 Å². The molecule has 0 aliphatic heterocycles. The summed E-state index contributed by atoms with van der Waals surface area (Å²) in [7, 11) is 3.34. The molecule has 0 radical (unpaired) electrons. The molecule has 0 aliphatic carbocycles. The van der Waals surface area contributed by atoms with E-state index in [2.05, 4.69) is 26.6 Å². The Morgan fingerprint density at radius 3 is 2.69 bits per heavy atom. The molecule has 0 saturated carbocycles. The minimum absolute atomic E-state index is 0.0698. The number of ether oxygens (including phenoxy) is 1. The molecule has 88 valence electrons. The molecule has 0 bridgehead atoms. The largest absolute Gasteiger partial charge is 0.496 e. The molecule has 1 amide bonds. The van der Waals surface area contributed by atoms with E-state index in [-0.39, 0.29) is 11.9 Å². The highest BCUT2D eigenvalue weighted by Gasteiger charge is 2.10. The lowest BCUT2D eigenvalue weighted by Crippen LogP contribution is -2.35. The molecule has 5 heteroatoms. The fraction of sp³-hybridized carbons (Fsp3) is 0.364. The molecular weight excluding hydrogens is 272 g/mol. The molecule has 0 spiro atoms. The fourth-order valence-electron chi connectivity index (χ4n) is 1.13. The van der Waals surface area contributed by atoms with Crippen molar-refractivity contribution in [2.75, 3.05) is 19.5 Å². The predicted molar refractivity (Wildman–Crippen MR) is 67.8 cm³/mol. The van der Waals surface area contributed by atoms with Gasteiger partial charge >= 0.3 is 0 Å². The van der Waals surface area contributed by atoms with E-state index >= 15 is 0 Å². The summed E-state index contributed by atoms with van der Waals surface area (Å²) in [5.74, 6) is 0.666. The van der Waals surface area contributed by atoms with Crippen molar-refractivity contribution in [2.45, 2.75) is 13.0 Å². The van der Waals surface area contributed by atoms with Crippen molar-refractivity contribution < 1.29 is 9.53 Å². The smallest absolute Gasteiger partial charge is 0.241 e. The number of methoxy groups -OCH3 is 1. The van der Waals surface area contributed by atoms with Crippen LogP contribution in [0.3, 0.4) is 0 Å². The van der Waals surface area contributed by atoms with Crippen molar-refractivity contribution in [2.24, 2.45) is 0 Å². The summed E-state index contributed by atoms with van der Waals surface area (Å²) in [5.41, 5.74) is 0.736. The molecule has 0 fully saturated rings. The monoisotopic (exact) mass is 286 g/mol. The number of carbonyl (C=O) groups is 1. The third-order valence-corrected chi connectivity index (χ3v) is 2.87. The van der Waals surface area contributed by atoms with Crippen LogP contribution in [0.15, 0.2) is 22.7 Å². The summed E-state index contributed by atoms with van der Waals surface area (Å²) >= 11 is 3.36. The summed E-state index contributed by atoms with van der Waals surface area (Å²) in [6.07, 6.45) is 0. The molecule has 16 heavy (non-hydrogen) atoms. The number of likely N-dealkylation sites (N-methyl/N-ethyl adjacent to an activating group) is 1. The second-order valence-corrected chi connectivity index (χ2v) is 4.20. The number of benzene rings is 1. The Hall–Kier alpha value is -1.07. The normalized spacial score (nSPS) is 12.0. The lowest BCUT2D eigenvalue weighted by molar-refractivity contribution is -0.117. The Bertz CT molecular complexity index is 382. The second kappa shape index (κ2) is 5.86. The van der Waals surface area contributed by atoms with E-state index in [0.29, 0.717) is 0 Å². The van der Waals surface area contributed by atoms with Gasteiger partial charge in [0.15, 0.2) is 0 Å². The molecule has 1 aromatic rings. The molecule has 1 aromatic carbocycles. The Balaban J connectivity index is 2.75. The minimum Gasteiger partial charge on any atom is -0.496 e. The van der Waals surface area contributed by atoms with Gasteiger partial charge in [-0.25, -0.2) is 0 Å². The predicted octanol–water partition coefficient (Wildman–Crippen LogP) is 2.00. The summed E-state index contributed by atoms with van der Waals surface area (Å²) in [6, 6.07) is 5.17. The third kappa shape index (κ3) is 3.21. The Morgan fingerprint density at radius 1 is 1.50 bits per heavy atom. The van der Waals surface area contributed by atoms with Crippen LogP contribution in [0.5, 0.6) is 5.75 Å². The number of amides is 1. The van der Waals surface area contributed by atoms with Crippen LogP contribution in [-0.4, -0.2) is 26.1 Å². The van der Waals surface area contributed by atoms with Crippen molar-refractivity contribution in [3.63, 3.8) is 0 Å². The van der Waals surface area contributed by atoms with Crippen molar-refractivity contribution in [3.8, 4) is 5.75 Å². The zero-order valence-electron chi connectivity index (χ0n) is 9.50. The maximum absolute atomic E-state index is 11.6. The Morgan fingerprint density at radius 2 is 2.19 bits per heavy atom. The molecule has 2 N–H and O–H groups in total. The van der Waals surface area contributed by atoms with Crippen LogP contribution in [-0.2, 0) is 4.79 Å². The topological polar surface area (TPSA) is 50.4 Å². The van der Waals surface area contributed by atoms with Gasteiger partial charge < -0.3 is 15.4 Å².